The number of benzene rings is 1. The minimum Gasteiger partial charge on any atom is -0.444 e. The van der Waals surface area contributed by atoms with Crippen molar-refractivity contribution in [3.05, 3.63) is 41.0 Å². The second-order valence-corrected chi connectivity index (χ2v) is 12.8. The van der Waals surface area contributed by atoms with Crippen LogP contribution in [0.4, 0.5) is 4.79 Å². The Morgan fingerprint density at radius 1 is 1.13 bits per heavy atom. The van der Waals surface area contributed by atoms with Crippen LogP contribution in [-0.4, -0.2) is 74.9 Å². The summed E-state index contributed by atoms with van der Waals surface area (Å²) in [7, 11) is 0. The molecular weight excluding hydrogens is 520 g/mol. The average molecular weight is 561 g/mol. The highest BCUT2D eigenvalue weighted by atomic mass is 32.1. The smallest absolute Gasteiger partial charge is 0.408 e. The van der Waals surface area contributed by atoms with Crippen LogP contribution in [-0.2, 0) is 14.3 Å². The molecule has 1 aliphatic heterocycles. The highest BCUT2D eigenvalue weighted by molar-refractivity contribution is 7.13. The molecule has 0 aliphatic carbocycles. The molecule has 0 spiro atoms. The number of aromatic nitrogens is 1. The summed E-state index contributed by atoms with van der Waals surface area (Å²) in [6, 6.07) is 4.83. The van der Waals surface area contributed by atoms with Crippen LogP contribution in [0.15, 0.2) is 29.8 Å². The standard InChI is InChI=1S/C28H40N4O6S/c1-16-22(39-15-29-16)18-10-8-17(9-11-18)20(14-33)30-24(35)21-12-19(34)13-32(21)25(36)23(27(2,3)4)31-26(37)38-28(5,6)7/h8-11,15,19-21,23,33-34H,12-14H2,1-7H3,(H,30,35)(H,31,37)/t19-,20-,21+,23-/m1/s1. The summed E-state index contributed by atoms with van der Waals surface area (Å²) in [6.07, 6.45) is -1.60. The fourth-order valence-electron chi connectivity index (χ4n) is 4.49. The van der Waals surface area contributed by atoms with Gasteiger partial charge in [-0.2, -0.15) is 0 Å². The number of carbonyl (C=O) groups is 3. The number of likely N-dealkylation sites (tertiary alicyclic amines) is 1. The van der Waals surface area contributed by atoms with Crippen LogP contribution >= 0.6 is 11.3 Å². The lowest BCUT2D eigenvalue weighted by Gasteiger charge is -2.36. The van der Waals surface area contributed by atoms with Crippen LogP contribution in [0.5, 0.6) is 0 Å². The van der Waals surface area contributed by atoms with E-state index in [1.807, 2.05) is 31.2 Å². The molecule has 0 unspecified atom stereocenters. The Labute approximate surface area is 233 Å². The predicted molar refractivity (Wildman–Crippen MR) is 149 cm³/mol. The van der Waals surface area contributed by atoms with Crippen molar-refractivity contribution < 1.29 is 29.3 Å². The van der Waals surface area contributed by atoms with Gasteiger partial charge in [-0.25, -0.2) is 9.78 Å². The zero-order chi connectivity index (χ0) is 29.1. The summed E-state index contributed by atoms with van der Waals surface area (Å²) < 4.78 is 5.35. The van der Waals surface area contributed by atoms with Gasteiger partial charge in [-0.1, -0.05) is 45.0 Å². The van der Waals surface area contributed by atoms with E-state index in [-0.39, 0.29) is 19.6 Å². The molecule has 1 saturated heterocycles. The molecular formula is C28H40N4O6S. The van der Waals surface area contributed by atoms with Crippen molar-refractivity contribution in [3.8, 4) is 10.4 Å². The van der Waals surface area contributed by atoms with Crippen LogP contribution in [0.25, 0.3) is 10.4 Å². The maximum atomic E-state index is 13.7. The molecule has 0 saturated carbocycles. The van der Waals surface area contributed by atoms with Gasteiger partial charge in [0.15, 0.2) is 0 Å². The van der Waals surface area contributed by atoms with Crippen LogP contribution in [0.1, 0.15) is 65.3 Å². The first-order valence-electron chi connectivity index (χ1n) is 13.0. The van der Waals surface area contributed by atoms with E-state index in [2.05, 4.69) is 15.6 Å². The second-order valence-electron chi connectivity index (χ2n) is 12.0. The number of aliphatic hydroxyl groups is 2. The third-order valence-electron chi connectivity index (χ3n) is 6.46. The molecule has 1 aliphatic rings. The second kappa shape index (κ2) is 12.0. The number of hydrogen-bond acceptors (Lipinski definition) is 8. The molecule has 11 heteroatoms. The molecule has 0 radical (unpaired) electrons. The van der Waals surface area contributed by atoms with Gasteiger partial charge in [-0.15, -0.1) is 11.3 Å². The molecule has 214 valence electrons. The lowest BCUT2D eigenvalue weighted by atomic mass is 9.85. The van der Waals surface area contributed by atoms with Crippen LogP contribution < -0.4 is 10.6 Å². The van der Waals surface area contributed by atoms with Gasteiger partial charge >= 0.3 is 6.09 Å². The Bertz CT molecular complexity index is 1170. The van der Waals surface area contributed by atoms with E-state index in [0.29, 0.717) is 5.56 Å². The summed E-state index contributed by atoms with van der Waals surface area (Å²) in [4.78, 5) is 46.2. The quantitative estimate of drug-likeness (QED) is 0.408. The largest absolute Gasteiger partial charge is 0.444 e. The fourth-order valence-corrected chi connectivity index (χ4v) is 5.31. The first-order valence-corrected chi connectivity index (χ1v) is 13.9. The lowest BCUT2D eigenvalue weighted by molar-refractivity contribution is -0.142. The number of hydrogen-bond donors (Lipinski definition) is 4. The number of aliphatic hydroxyl groups excluding tert-OH is 2. The number of β-amino-alcohol motifs (C(OH)–C–C–N with tert-alkyl or cyclic N) is 1. The maximum Gasteiger partial charge on any atom is 0.408 e. The van der Waals surface area contributed by atoms with E-state index in [9.17, 15) is 24.6 Å². The average Bonchev–Trinajstić information content (AvgIpc) is 3.44. The number of nitrogens with one attached hydrogen (secondary N) is 2. The van der Waals surface area contributed by atoms with Gasteiger partial charge in [0, 0.05) is 13.0 Å². The Morgan fingerprint density at radius 3 is 2.28 bits per heavy atom. The first kappa shape index (κ1) is 30.5. The van der Waals surface area contributed by atoms with Crippen molar-refractivity contribution in [2.24, 2.45) is 5.41 Å². The van der Waals surface area contributed by atoms with Crippen molar-refractivity contribution in [1.82, 2.24) is 20.5 Å². The summed E-state index contributed by atoms with van der Waals surface area (Å²) in [5.74, 6) is -0.985. The SMILES string of the molecule is Cc1ncsc1-c1ccc([C@@H](CO)NC(=O)[C@@H]2C[C@@H](O)CN2C(=O)[C@@H](NC(=O)OC(C)(C)C)C(C)(C)C)cc1. The molecule has 1 aromatic carbocycles. The number of carbonyl (C=O) groups excluding carboxylic acids is 3. The highest BCUT2D eigenvalue weighted by Crippen LogP contribution is 2.29. The number of rotatable bonds is 7. The first-order chi connectivity index (χ1) is 18.1. The van der Waals surface area contributed by atoms with Gasteiger partial charge in [0.25, 0.3) is 0 Å². The van der Waals surface area contributed by atoms with Crippen LogP contribution in [0.3, 0.4) is 0 Å². The van der Waals surface area contributed by atoms with Crippen molar-refractivity contribution in [3.63, 3.8) is 0 Å². The minimum atomic E-state index is -0.996. The van der Waals surface area contributed by atoms with Gasteiger partial charge in [0.05, 0.1) is 34.8 Å². The molecule has 39 heavy (non-hydrogen) atoms. The number of aryl methyl sites for hydroxylation is 1. The zero-order valence-electron chi connectivity index (χ0n) is 23.6. The fraction of sp³-hybridized carbons (Fsp3) is 0.571. The minimum absolute atomic E-state index is 0.0443. The van der Waals surface area contributed by atoms with E-state index < -0.39 is 53.2 Å². The molecule has 4 atom stereocenters. The Balaban J connectivity index is 1.76. The number of ether oxygens (including phenoxy) is 1. The third-order valence-corrected chi connectivity index (χ3v) is 7.44. The molecule has 2 heterocycles. The topological polar surface area (TPSA) is 141 Å². The number of thiazole rings is 1. The molecule has 0 bridgehead atoms. The van der Waals surface area contributed by atoms with E-state index in [1.54, 1.807) is 47.1 Å². The van der Waals surface area contributed by atoms with E-state index >= 15 is 0 Å². The van der Waals surface area contributed by atoms with E-state index in [0.717, 1.165) is 16.1 Å². The predicted octanol–water partition coefficient (Wildman–Crippen LogP) is 3.17. The Hall–Kier alpha value is -3.02. The van der Waals surface area contributed by atoms with Gasteiger partial charge in [-0.05, 0) is 44.2 Å². The van der Waals surface area contributed by atoms with Crippen molar-refractivity contribution >= 4 is 29.2 Å². The van der Waals surface area contributed by atoms with Crippen molar-refractivity contribution in [1.29, 1.82) is 0 Å². The molecule has 3 amide bonds. The number of nitrogens with zero attached hydrogens (tertiary/aromatic N) is 2. The van der Waals surface area contributed by atoms with E-state index in [4.69, 9.17) is 4.74 Å². The molecule has 1 fully saturated rings. The zero-order valence-corrected chi connectivity index (χ0v) is 24.5. The van der Waals surface area contributed by atoms with Gasteiger partial charge in [0.2, 0.25) is 11.8 Å². The number of amides is 3. The Morgan fingerprint density at radius 2 is 1.77 bits per heavy atom. The normalized spacial score (nSPS) is 19.4. The van der Waals surface area contributed by atoms with Crippen molar-refractivity contribution in [2.45, 2.75) is 84.7 Å². The highest BCUT2D eigenvalue weighted by Gasteiger charge is 2.45. The lowest BCUT2D eigenvalue weighted by Crippen LogP contribution is -2.58. The maximum absolute atomic E-state index is 13.7. The third kappa shape index (κ3) is 7.77. The summed E-state index contributed by atoms with van der Waals surface area (Å²) in [6.45, 7) is 12.1. The van der Waals surface area contributed by atoms with Crippen molar-refractivity contribution in [2.75, 3.05) is 13.2 Å². The molecule has 4 N–H and O–H groups in total. The molecule has 10 nitrogen and oxygen atoms in total. The summed E-state index contributed by atoms with van der Waals surface area (Å²) >= 11 is 1.54. The summed E-state index contributed by atoms with van der Waals surface area (Å²) in [5, 5.41) is 26.0. The van der Waals surface area contributed by atoms with Gasteiger partial charge < -0.3 is 30.5 Å². The number of alkyl carbamates (subject to hydrolysis) is 1. The summed E-state index contributed by atoms with van der Waals surface area (Å²) in [5.41, 5.74) is 2.95. The monoisotopic (exact) mass is 560 g/mol. The Kier molecular flexibility index (Phi) is 9.40. The van der Waals surface area contributed by atoms with Crippen LogP contribution in [0.2, 0.25) is 0 Å². The molecule has 1 aromatic heterocycles. The molecule has 2 aromatic rings. The molecule has 3 rings (SSSR count). The van der Waals surface area contributed by atoms with E-state index in [1.165, 1.54) is 16.2 Å². The van der Waals surface area contributed by atoms with Crippen LogP contribution in [0, 0.1) is 12.3 Å². The van der Waals surface area contributed by atoms with Gasteiger partial charge in [0.1, 0.15) is 17.7 Å². The van der Waals surface area contributed by atoms with Gasteiger partial charge in [-0.3, -0.25) is 9.59 Å².